The molecule has 0 amide bonds. The Balaban J connectivity index is 2.69. The molecule has 1 aromatic carbocycles. The molecule has 0 aromatic heterocycles. The van der Waals surface area contributed by atoms with Crippen LogP contribution < -0.4 is 0 Å². The fraction of sp³-hybridized carbons (Fsp3) is 0.500. The molecule has 1 aromatic rings. The number of benzene rings is 1. The van der Waals surface area contributed by atoms with Gasteiger partial charge in [-0.25, -0.2) is 0 Å². The summed E-state index contributed by atoms with van der Waals surface area (Å²) in [5.74, 6) is 0.217. The largest absolute Gasteiger partial charge is 0.395 e. The van der Waals surface area contributed by atoms with Crippen LogP contribution in [-0.2, 0) is 11.3 Å². The van der Waals surface area contributed by atoms with Crippen molar-refractivity contribution < 1.29 is 9.90 Å². The molecular weight excluding hydrogens is 214 g/mol. The molecule has 0 saturated heterocycles. The number of carbonyl (C=O) groups excluding carboxylic acids is 1. The molecule has 0 bridgehead atoms. The molecule has 3 nitrogen and oxygen atoms in total. The van der Waals surface area contributed by atoms with Crippen molar-refractivity contribution in [3.63, 3.8) is 0 Å². The summed E-state index contributed by atoms with van der Waals surface area (Å²) in [6.07, 6.45) is 0.540. The zero-order chi connectivity index (χ0) is 12.7. The highest BCUT2D eigenvalue weighted by molar-refractivity contribution is 5.83. The lowest BCUT2D eigenvalue weighted by Crippen LogP contribution is -2.40. The molecule has 0 fully saturated rings. The van der Waals surface area contributed by atoms with E-state index in [2.05, 4.69) is 0 Å². The van der Waals surface area contributed by atoms with Crippen LogP contribution in [0.1, 0.15) is 25.8 Å². The second-order valence-corrected chi connectivity index (χ2v) is 4.18. The first kappa shape index (κ1) is 13.9. The van der Waals surface area contributed by atoms with E-state index in [0.717, 1.165) is 5.56 Å². The summed E-state index contributed by atoms with van der Waals surface area (Å²) in [6.45, 7) is 5.09. The zero-order valence-electron chi connectivity index (χ0n) is 10.6. The topological polar surface area (TPSA) is 40.5 Å². The summed E-state index contributed by atoms with van der Waals surface area (Å²) in [4.78, 5) is 13.7. The summed E-state index contributed by atoms with van der Waals surface area (Å²) >= 11 is 0. The summed E-state index contributed by atoms with van der Waals surface area (Å²) in [5, 5.41) is 9.07. The molecule has 1 unspecified atom stereocenters. The van der Waals surface area contributed by atoms with Gasteiger partial charge < -0.3 is 5.11 Å². The Labute approximate surface area is 103 Å². The van der Waals surface area contributed by atoms with Crippen LogP contribution in [0, 0.1) is 0 Å². The van der Waals surface area contributed by atoms with Crippen molar-refractivity contribution in [3.8, 4) is 0 Å². The molecule has 0 aliphatic rings. The fourth-order valence-electron chi connectivity index (χ4n) is 1.86. The molecule has 0 radical (unpaired) electrons. The standard InChI is InChI=1S/C14H21NO2/c1-3-14(17)12(2)15(9-10-16)11-13-7-5-4-6-8-13/h4-8,12,16H,3,9-11H2,1-2H3. The normalized spacial score (nSPS) is 12.7. The second kappa shape index (κ2) is 7.20. The molecule has 0 heterocycles. The van der Waals surface area contributed by atoms with Crippen molar-refractivity contribution in [2.75, 3.05) is 13.2 Å². The van der Waals surface area contributed by atoms with Gasteiger partial charge in [-0.3, -0.25) is 9.69 Å². The zero-order valence-corrected chi connectivity index (χ0v) is 10.6. The predicted molar refractivity (Wildman–Crippen MR) is 68.7 cm³/mol. The number of aliphatic hydroxyl groups excluding tert-OH is 1. The number of aliphatic hydroxyl groups is 1. The monoisotopic (exact) mass is 235 g/mol. The quantitative estimate of drug-likeness (QED) is 0.784. The van der Waals surface area contributed by atoms with Crippen LogP contribution in [0.2, 0.25) is 0 Å². The first-order chi connectivity index (χ1) is 8.19. The molecule has 1 N–H and O–H groups in total. The van der Waals surface area contributed by atoms with Gasteiger partial charge in [-0.15, -0.1) is 0 Å². The summed E-state index contributed by atoms with van der Waals surface area (Å²) in [5.41, 5.74) is 1.16. The van der Waals surface area contributed by atoms with Gasteiger partial charge in [-0.1, -0.05) is 37.3 Å². The SMILES string of the molecule is CCC(=O)C(C)N(CCO)Cc1ccccc1. The third-order valence-corrected chi connectivity index (χ3v) is 2.98. The maximum absolute atomic E-state index is 11.7. The number of hydrogen-bond acceptors (Lipinski definition) is 3. The minimum atomic E-state index is -0.132. The van der Waals surface area contributed by atoms with E-state index < -0.39 is 0 Å². The highest BCUT2D eigenvalue weighted by atomic mass is 16.3. The van der Waals surface area contributed by atoms with Crippen LogP contribution in [0.3, 0.4) is 0 Å². The van der Waals surface area contributed by atoms with Crippen LogP contribution in [-0.4, -0.2) is 35.0 Å². The van der Waals surface area contributed by atoms with Crippen molar-refractivity contribution in [3.05, 3.63) is 35.9 Å². The number of hydrogen-bond donors (Lipinski definition) is 1. The first-order valence-electron chi connectivity index (χ1n) is 6.10. The maximum Gasteiger partial charge on any atom is 0.149 e. The highest BCUT2D eigenvalue weighted by Crippen LogP contribution is 2.09. The average Bonchev–Trinajstić information content (AvgIpc) is 2.37. The van der Waals surface area contributed by atoms with Gasteiger partial charge in [-0.2, -0.15) is 0 Å². The van der Waals surface area contributed by atoms with Gasteiger partial charge in [0.2, 0.25) is 0 Å². The van der Waals surface area contributed by atoms with E-state index in [0.29, 0.717) is 19.5 Å². The molecular formula is C14H21NO2. The van der Waals surface area contributed by atoms with Crippen LogP contribution >= 0.6 is 0 Å². The minimum absolute atomic E-state index is 0.0775. The van der Waals surface area contributed by atoms with Crippen molar-refractivity contribution >= 4 is 5.78 Å². The Morgan fingerprint density at radius 3 is 2.53 bits per heavy atom. The smallest absolute Gasteiger partial charge is 0.149 e. The number of carbonyl (C=O) groups is 1. The van der Waals surface area contributed by atoms with Gasteiger partial charge in [0.1, 0.15) is 5.78 Å². The Bertz CT molecular complexity index is 337. The van der Waals surface area contributed by atoms with Gasteiger partial charge >= 0.3 is 0 Å². The van der Waals surface area contributed by atoms with Crippen LogP contribution in [0.5, 0.6) is 0 Å². The summed E-state index contributed by atoms with van der Waals surface area (Å²) in [6, 6.07) is 9.88. The van der Waals surface area contributed by atoms with Gasteiger partial charge in [0.05, 0.1) is 12.6 Å². The van der Waals surface area contributed by atoms with Crippen molar-refractivity contribution in [2.24, 2.45) is 0 Å². The molecule has 0 aliphatic carbocycles. The van der Waals surface area contributed by atoms with Crippen LogP contribution in [0.15, 0.2) is 30.3 Å². The lowest BCUT2D eigenvalue weighted by atomic mass is 10.1. The van der Waals surface area contributed by atoms with E-state index in [4.69, 9.17) is 5.11 Å². The van der Waals surface area contributed by atoms with E-state index in [9.17, 15) is 4.79 Å². The van der Waals surface area contributed by atoms with E-state index in [1.165, 1.54) is 0 Å². The molecule has 1 atom stereocenters. The Morgan fingerprint density at radius 2 is 2.00 bits per heavy atom. The highest BCUT2D eigenvalue weighted by Gasteiger charge is 2.19. The Morgan fingerprint density at radius 1 is 1.35 bits per heavy atom. The Hall–Kier alpha value is -1.19. The fourth-order valence-corrected chi connectivity index (χ4v) is 1.86. The van der Waals surface area contributed by atoms with E-state index in [1.54, 1.807) is 0 Å². The number of nitrogens with zero attached hydrogens (tertiary/aromatic N) is 1. The molecule has 17 heavy (non-hydrogen) atoms. The summed E-state index contributed by atoms with van der Waals surface area (Å²) < 4.78 is 0. The molecule has 0 spiro atoms. The second-order valence-electron chi connectivity index (χ2n) is 4.18. The van der Waals surface area contributed by atoms with Crippen LogP contribution in [0.4, 0.5) is 0 Å². The third-order valence-electron chi connectivity index (χ3n) is 2.98. The molecule has 94 valence electrons. The van der Waals surface area contributed by atoms with Crippen molar-refractivity contribution in [1.82, 2.24) is 4.90 Å². The van der Waals surface area contributed by atoms with Crippen molar-refractivity contribution in [1.29, 1.82) is 0 Å². The molecule has 3 heteroatoms. The van der Waals surface area contributed by atoms with E-state index in [1.807, 2.05) is 49.1 Å². The first-order valence-corrected chi connectivity index (χ1v) is 6.10. The predicted octanol–water partition coefficient (Wildman–Crippen LogP) is 1.85. The van der Waals surface area contributed by atoms with Crippen molar-refractivity contribution in [2.45, 2.75) is 32.9 Å². The molecule has 1 rings (SSSR count). The lowest BCUT2D eigenvalue weighted by molar-refractivity contribution is -0.123. The number of rotatable bonds is 7. The Kier molecular flexibility index (Phi) is 5.87. The summed E-state index contributed by atoms with van der Waals surface area (Å²) in [7, 11) is 0. The van der Waals surface area contributed by atoms with E-state index >= 15 is 0 Å². The van der Waals surface area contributed by atoms with E-state index in [-0.39, 0.29) is 18.4 Å². The molecule has 0 saturated carbocycles. The third kappa shape index (κ3) is 4.29. The maximum atomic E-state index is 11.7. The van der Waals surface area contributed by atoms with Gasteiger partial charge in [0, 0.05) is 19.5 Å². The molecule has 0 aliphatic heterocycles. The van der Waals surface area contributed by atoms with Gasteiger partial charge in [0.25, 0.3) is 0 Å². The van der Waals surface area contributed by atoms with Gasteiger partial charge in [0.15, 0.2) is 0 Å². The lowest BCUT2D eigenvalue weighted by Gasteiger charge is -2.27. The van der Waals surface area contributed by atoms with Crippen LogP contribution in [0.25, 0.3) is 0 Å². The average molecular weight is 235 g/mol. The van der Waals surface area contributed by atoms with Gasteiger partial charge in [-0.05, 0) is 12.5 Å². The minimum Gasteiger partial charge on any atom is -0.395 e. The number of Topliss-reactive ketones (excluding diaryl/α,β-unsaturated/α-hetero) is 1. The number of ketones is 1.